The van der Waals surface area contributed by atoms with Gasteiger partial charge in [0.1, 0.15) is 0 Å². The lowest BCUT2D eigenvalue weighted by Gasteiger charge is -2.09. The van der Waals surface area contributed by atoms with Gasteiger partial charge >= 0.3 is 0 Å². The summed E-state index contributed by atoms with van der Waals surface area (Å²) in [5.74, 6) is 3.26. The predicted molar refractivity (Wildman–Crippen MR) is 94.0 cm³/mol. The summed E-state index contributed by atoms with van der Waals surface area (Å²) < 4.78 is 16.0. The van der Waals surface area contributed by atoms with Crippen LogP contribution in [0.1, 0.15) is 25.2 Å². The van der Waals surface area contributed by atoms with Gasteiger partial charge < -0.3 is 19.3 Å². The molecular weight excluding hydrogens is 330 g/mol. The zero-order valence-corrected chi connectivity index (χ0v) is 14.9. The highest BCUT2D eigenvalue weighted by atomic mass is 35.5. The number of hydrogen-bond donors (Lipinski definition) is 1. The lowest BCUT2D eigenvalue weighted by atomic mass is 9.97. The third kappa shape index (κ3) is 4.39. The molecule has 2 heterocycles. The van der Waals surface area contributed by atoms with Crippen molar-refractivity contribution in [1.29, 1.82) is 0 Å². The number of halogens is 1. The number of hydrogen-bond acceptors (Lipinski definition) is 6. The molecule has 1 aromatic heterocycles. The highest BCUT2D eigenvalue weighted by Gasteiger charge is 2.17. The van der Waals surface area contributed by atoms with E-state index in [0.717, 1.165) is 31.5 Å². The fraction of sp³-hybridized carbons (Fsp3) is 0.529. The first kappa shape index (κ1) is 18.5. The Morgan fingerprint density at radius 2 is 2.00 bits per heavy atom. The van der Waals surface area contributed by atoms with Crippen molar-refractivity contribution in [2.24, 2.45) is 5.92 Å². The molecule has 1 aromatic carbocycles. The molecule has 1 saturated heterocycles. The minimum atomic E-state index is 0. The van der Waals surface area contributed by atoms with Crippen LogP contribution in [0.5, 0.6) is 11.5 Å². The third-order valence-corrected chi connectivity index (χ3v) is 4.27. The summed E-state index contributed by atoms with van der Waals surface area (Å²) in [6.07, 6.45) is 4.43. The van der Waals surface area contributed by atoms with Crippen molar-refractivity contribution in [1.82, 2.24) is 15.5 Å². The van der Waals surface area contributed by atoms with E-state index in [1.165, 1.54) is 12.8 Å². The second-order valence-corrected chi connectivity index (χ2v) is 5.83. The largest absolute Gasteiger partial charge is 0.493 e. The molecule has 7 heteroatoms. The highest BCUT2D eigenvalue weighted by Crippen LogP contribution is 2.31. The van der Waals surface area contributed by atoms with Crippen molar-refractivity contribution in [3.63, 3.8) is 0 Å². The molecule has 132 valence electrons. The van der Waals surface area contributed by atoms with Crippen molar-refractivity contribution < 1.29 is 14.0 Å². The SMILES string of the molecule is COc1ccc(-c2noc(CC3CCCNCC3)n2)cc1OC.Cl. The van der Waals surface area contributed by atoms with E-state index in [1.54, 1.807) is 14.2 Å². The fourth-order valence-electron chi connectivity index (χ4n) is 2.97. The smallest absolute Gasteiger partial charge is 0.227 e. The van der Waals surface area contributed by atoms with Crippen LogP contribution in [-0.4, -0.2) is 37.4 Å². The van der Waals surface area contributed by atoms with Gasteiger partial charge in [-0.2, -0.15) is 4.98 Å². The van der Waals surface area contributed by atoms with Crippen LogP contribution in [0.4, 0.5) is 0 Å². The summed E-state index contributed by atoms with van der Waals surface area (Å²) >= 11 is 0. The van der Waals surface area contributed by atoms with Gasteiger partial charge in [0.05, 0.1) is 14.2 Å². The minimum Gasteiger partial charge on any atom is -0.493 e. The standard InChI is InChI=1S/C17H23N3O3.ClH/c1-21-14-6-5-13(11-15(14)22-2)17-19-16(23-20-17)10-12-4-3-8-18-9-7-12;/h5-6,11-12,18H,3-4,7-10H2,1-2H3;1H. The number of benzene rings is 1. The second kappa shape index (κ2) is 8.89. The number of nitrogens with zero attached hydrogens (tertiary/aromatic N) is 2. The Morgan fingerprint density at radius 3 is 2.79 bits per heavy atom. The highest BCUT2D eigenvalue weighted by molar-refractivity contribution is 5.85. The van der Waals surface area contributed by atoms with E-state index in [9.17, 15) is 0 Å². The maximum atomic E-state index is 5.44. The van der Waals surface area contributed by atoms with Gasteiger partial charge in [0, 0.05) is 12.0 Å². The molecule has 1 fully saturated rings. The molecule has 0 bridgehead atoms. The van der Waals surface area contributed by atoms with Gasteiger partial charge in [-0.25, -0.2) is 0 Å². The third-order valence-electron chi connectivity index (χ3n) is 4.27. The zero-order chi connectivity index (χ0) is 16.1. The Bertz CT molecular complexity index is 640. The van der Waals surface area contributed by atoms with E-state index in [0.29, 0.717) is 29.1 Å². The first-order valence-corrected chi connectivity index (χ1v) is 8.06. The van der Waals surface area contributed by atoms with Gasteiger partial charge in [-0.3, -0.25) is 0 Å². The van der Waals surface area contributed by atoms with E-state index >= 15 is 0 Å². The van der Waals surface area contributed by atoms with Crippen LogP contribution in [0.3, 0.4) is 0 Å². The molecule has 0 saturated carbocycles. The lowest BCUT2D eigenvalue weighted by Crippen LogP contribution is -2.14. The molecule has 6 nitrogen and oxygen atoms in total. The van der Waals surface area contributed by atoms with Gasteiger partial charge in [0.25, 0.3) is 0 Å². The zero-order valence-electron chi connectivity index (χ0n) is 14.1. The van der Waals surface area contributed by atoms with Crippen molar-refractivity contribution in [2.75, 3.05) is 27.3 Å². The summed E-state index contributed by atoms with van der Waals surface area (Å²) in [6, 6.07) is 5.62. The Kier molecular flexibility index (Phi) is 6.87. The Balaban J connectivity index is 0.00000208. The first-order chi connectivity index (χ1) is 11.3. The molecule has 24 heavy (non-hydrogen) atoms. The van der Waals surface area contributed by atoms with E-state index < -0.39 is 0 Å². The van der Waals surface area contributed by atoms with Crippen LogP contribution >= 0.6 is 12.4 Å². The molecule has 3 rings (SSSR count). The normalized spacial score (nSPS) is 17.7. The molecule has 1 aliphatic heterocycles. The fourth-order valence-corrected chi connectivity index (χ4v) is 2.97. The number of nitrogens with one attached hydrogen (secondary N) is 1. The Morgan fingerprint density at radius 1 is 1.17 bits per heavy atom. The average molecular weight is 354 g/mol. The average Bonchev–Trinajstić information content (AvgIpc) is 2.90. The second-order valence-electron chi connectivity index (χ2n) is 5.83. The van der Waals surface area contributed by atoms with E-state index in [2.05, 4.69) is 15.5 Å². The molecule has 0 aliphatic carbocycles. The summed E-state index contributed by atoms with van der Waals surface area (Å²) in [7, 11) is 3.23. The maximum Gasteiger partial charge on any atom is 0.227 e. The molecule has 1 atom stereocenters. The van der Waals surface area contributed by atoms with Crippen LogP contribution in [0.25, 0.3) is 11.4 Å². The van der Waals surface area contributed by atoms with Crippen LogP contribution < -0.4 is 14.8 Å². The molecule has 1 unspecified atom stereocenters. The van der Waals surface area contributed by atoms with E-state index in [4.69, 9.17) is 14.0 Å². The van der Waals surface area contributed by atoms with Crippen molar-refractivity contribution >= 4 is 12.4 Å². The van der Waals surface area contributed by atoms with Crippen molar-refractivity contribution in [3.05, 3.63) is 24.1 Å². The van der Waals surface area contributed by atoms with Gasteiger partial charge in [0.2, 0.25) is 11.7 Å². The summed E-state index contributed by atoms with van der Waals surface area (Å²) in [5, 5.41) is 7.53. The Hall–Kier alpha value is -1.79. The molecule has 0 radical (unpaired) electrons. The maximum absolute atomic E-state index is 5.44. The van der Waals surface area contributed by atoms with Crippen LogP contribution in [0.15, 0.2) is 22.7 Å². The van der Waals surface area contributed by atoms with Crippen molar-refractivity contribution in [2.45, 2.75) is 25.7 Å². The molecule has 0 spiro atoms. The summed E-state index contributed by atoms with van der Waals surface area (Å²) in [4.78, 5) is 4.54. The molecular formula is C17H24ClN3O3. The molecule has 1 N–H and O–H groups in total. The topological polar surface area (TPSA) is 69.4 Å². The number of methoxy groups -OCH3 is 2. The molecule has 2 aromatic rings. The number of ether oxygens (including phenoxy) is 2. The quantitative estimate of drug-likeness (QED) is 0.890. The van der Waals surface area contributed by atoms with Gasteiger partial charge in [0.15, 0.2) is 11.5 Å². The number of rotatable bonds is 5. The summed E-state index contributed by atoms with van der Waals surface area (Å²) in [6.45, 7) is 2.18. The van der Waals surface area contributed by atoms with Gasteiger partial charge in [-0.05, 0) is 56.5 Å². The van der Waals surface area contributed by atoms with E-state index in [1.807, 2.05) is 18.2 Å². The van der Waals surface area contributed by atoms with Crippen molar-refractivity contribution in [3.8, 4) is 22.9 Å². The molecule has 0 amide bonds. The predicted octanol–water partition coefficient (Wildman–Crippen LogP) is 3.11. The summed E-state index contributed by atoms with van der Waals surface area (Å²) in [5.41, 5.74) is 0.861. The van der Waals surface area contributed by atoms with E-state index in [-0.39, 0.29) is 12.4 Å². The van der Waals surface area contributed by atoms with Crippen LogP contribution in [-0.2, 0) is 6.42 Å². The number of aromatic nitrogens is 2. The Labute approximate surface area is 148 Å². The van der Waals surface area contributed by atoms with Crippen LogP contribution in [0, 0.1) is 5.92 Å². The van der Waals surface area contributed by atoms with Crippen LogP contribution in [0.2, 0.25) is 0 Å². The van der Waals surface area contributed by atoms with Gasteiger partial charge in [-0.1, -0.05) is 5.16 Å². The van der Waals surface area contributed by atoms with Gasteiger partial charge in [-0.15, -0.1) is 12.4 Å². The first-order valence-electron chi connectivity index (χ1n) is 8.06. The minimum absolute atomic E-state index is 0. The monoisotopic (exact) mass is 353 g/mol. The molecule has 1 aliphatic rings. The lowest BCUT2D eigenvalue weighted by molar-refractivity contribution is 0.341.